The highest BCUT2D eigenvalue weighted by molar-refractivity contribution is 7.98. The predicted molar refractivity (Wildman–Crippen MR) is 141 cm³/mol. The molecule has 0 saturated heterocycles. The molecule has 0 fully saturated rings. The Hall–Kier alpha value is -3.82. The van der Waals surface area contributed by atoms with Crippen molar-refractivity contribution in [2.75, 3.05) is 17.7 Å². The predicted octanol–water partition coefficient (Wildman–Crippen LogP) is 5.56. The van der Waals surface area contributed by atoms with Gasteiger partial charge >= 0.3 is 0 Å². The summed E-state index contributed by atoms with van der Waals surface area (Å²) in [6, 6.07) is 18.4. The molecule has 0 aliphatic carbocycles. The first kappa shape index (κ1) is 23.9. The van der Waals surface area contributed by atoms with Crippen LogP contribution in [0.25, 0.3) is 0 Å². The Balaban J connectivity index is 1.49. The maximum Gasteiger partial charge on any atom is 0.255 e. The average molecular weight is 519 g/mol. The molecule has 10 heteroatoms. The second-order valence-corrected chi connectivity index (χ2v) is 9.43. The molecule has 5 rings (SSSR count). The lowest BCUT2D eigenvalue weighted by Gasteiger charge is -2.28. The van der Waals surface area contributed by atoms with Gasteiger partial charge in [0.1, 0.15) is 11.8 Å². The monoisotopic (exact) mass is 518 g/mol. The molecule has 8 nitrogen and oxygen atoms in total. The molecule has 4 aromatic rings. The molecule has 0 spiro atoms. The largest absolute Gasteiger partial charge is 0.497 e. The lowest BCUT2D eigenvalue weighted by Crippen LogP contribution is -2.31. The molecule has 0 bridgehead atoms. The van der Waals surface area contributed by atoms with Crippen molar-refractivity contribution in [3.05, 3.63) is 100 Å². The number of amides is 1. The molecular weight excluding hydrogens is 496 g/mol. The second-order valence-electron chi connectivity index (χ2n) is 8.08. The quantitative estimate of drug-likeness (QED) is 0.309. The summed E-state index contributed by atoms with van der Waals surface area (Å²) in [4.78, 5) is 22.3. The summed E-state index contributed by atoms with van der Waals surface area (Å²) in [6.07, 6.45) is 3.27. The SMILES string of the molecule is COc1ccc(C2C(C(=O)Nc3cccnc3)=C(C)Nc3nc(SCc4ccccc4Cl)nn32)cc1. The number of hydrogen-bond donors (Lipinski definition) is 2. The normalized spacial score (nSPS) is 14.7. The standard InChI is InChI=1S/C26H23ClN6O2S/c1-16-22(24(34)30-19-7-5-13-28-14-19)23(17-9-11-20(35-2)12-10-17)33-25(29-16)31-26(32-33)36-15-18-6-3-4-8-21(18)27/h3-14,23H,15H2,1-2H3,(H,30,34)(H,29,31,32). The number of allylic oxidation sites excluding steroid dienone is 1. The van der Waals surface area contributed by atoms with Crippen LogP contribution >= 0.6 is 23.4 Å². The Morgan fingerprint density at radius 3 is 2.69 bits per heavy atom. The lowest BCUT2D eigenvalue weighted by molar-refractivity contribution is -0.113. The molecule has 1 atom stereocenters. The first-order valence-corrected chi connectivity index (χ1v) is 12.6. The summed E-state index contributed by atoms with van der Waals surface area (Å²) < 4.78 is 7.08. The van der Waals surface area contributed by atoms with Gasteiger partial charge in [-0.25, -0.2) is 4.68 Å². The van der Waals surface area contributed by atoms with Crippen LogP contribution in [0.5, 0.6) is 5.75 Å². The fourth-order valence-corrected chi connectivity index (χ4v) is 5.09. The van der Waals surface area contributed by atoms with E-state index in [4.69, 9.17) is 26.4 Å². The van der Waals surface area contributed by atoms with E-state index in [2.05, 4.69) is 15.6 Å². The maximum absolute atomic E-state index is 13.5. The van der Waals surface area contributed by atoms with Crippen LogP contribution in [0.4, 0.5) is 11.6 Å². The van der Waals surface area contributed by atoms with Crippen molar-refractivity contribution in [2.24, 2.45) is 0 Å². The van der Waals surface area contributed by atoms with E-state index in [0.717, 1.165) is 16.9 Å². The Kier molecular flexibility index (Phi) is 6.92. The highest BCUT2D eigenvalue weighted by atomic mass is 35.5. The number of benzene rings is 2. The van der Waals surface area contributed by atoms with E-state index in [1.54, 1.807) is 36.3 Å². The Labute approximate surface area is 217 Å². The van der Waals surface area contributed by atoms with E-state index in [9.17, 15) is 4.79 Å². The molecule has 3 heterocycles. The highest BCUT2D eigenvalue weighted by Gasteiger charge is 2.34. The topological polar surface area (TPSA) is 94.0 Å². The number of aromatic nitrogens is 4. The maximum atomic E-state index is 13.5. The van der Waals surface area contributed by atoms with Crippen LogP contribution in [-0.4, -0.2) is 32.8 Å². The second kappa shape index (κ2) is 10.4. The van der Waals surface area contributed by atoms with Gasteiger partial charge in [0.05, 0.1) is 24.6 Å². The number of nitrogens with zero attached hydrogens (tertiary/aromatic N) is 4. The van der Waals surface area contributed by atoms with Crippen LogP contribution in [0.15, 0.2) is 89.5 Å². The number of halogens is 1. The summed E-state index contributed by atoms with van der Waals surface area (Å²) in [5.74, 6) is 1.66. The first-order chi connectivity index (χ1) is 17.5. The van der Waals surface area contributed by atoms with Crippen molar-refractivity contribution >= 4 is 40.9 Å². The number of pyridine rings is 1. The number of thioether (sulfide) groups is 1. The summed E-state index contributed by atoms with van der Waals surface area (Å²) in [6.45, 7) is 1.86. The van der Waals surface area contributed by atoms with Gasteiger partial charge in [-0.05, 0) is 48.4 Å². The molecule has 36 heavy (non-hydrogen) atoms. The van der Waals surface area contributed by atoms with Crippen molar-refractivity contribution in [1.82, 2.24) is 19.7 Å². The molecule has 0 radical (unpaired) electrons. The van der Waals surface area contributed by atoms with E-state index in [1.807, 2.05) is 55.5 Å². The Morgan fingerprint density at radius 1 is 1.17 bits per heavy atom. The van der Waals surface area contributed by atoms with Crippen LogP contribution in [0, 0.1) is 0 Å². The minimum absolute atomic E-state index is 0.250. The van der Waals surface area contributed by atoms with Crippen LogP contribution < -0.4 is 15.4 Å². The third kappa shape index (κ3) is 4.93. The molecule has 1 aliphatic heterocycles. The van der Waals surface area contributed by atoms with E-state index in [0.29, 0.717) is 38.8 Å². The zero-order valence-corrected chi connectivity index (χ0v) is 21.2. The van der Waals surface area contributed by atoms with Crippen LogP contribution in [-0.2, 0) is 10.5 Å². The number of hydrogen-bond acceptors (Lipinski definition) is 7. The summed E-state index contributed by atoms with van der Waals surface area (Å²) in [7, 11) is 1.62. The van der Waals surface area contributed by atoms with Gasteiger partial charge in [0.25, 0.3) is 5.91 Å². The Bertz CT molecular complexity index is 1420. The van der Waals surface area contributed by atoms with Crippen LogP contribution in [0.2, 0.25) is 5.02 Å². The fraction of sp³-hybridized carbons (Fsp3) is 0.154. The van der Waals surface area contributed by atoms with Gasteiger partial charge in [0.2, 0.25) is 11.1 Å². The van der Waals surface area contributed by atoms with E-state index < -0.39 is 6.04 Å². The lowest BCUT2D eigenvalue weighted by atomic mass is 9.95. The molecule has 1 unspecified atom stereocenters. The minimum Gasteiger partial charge on any atom is -0.497 e. The summed E-state index contributed by atoms with van der Waals surface area (Å²) in [5, 5.41) is 12.3. The molecule has 0 saturated carbocycles. The van der Waals surface area contributed by atoms with E-state index in [1.165, 1.54) is 11.8 Å². The number of carbonyl (C=O) groups is 1. The number of anilines is 2. The third-order valence-corrected chi connectivity index (χ3v) is 7.00. The number of fused-ring (bicyclic) bond motifs is 1. The molecular formula is C26H23ClN6O2S. The minimum atomic E-state index is -0.494. The van der Waals surface area contributed by atoms with Gasteiger partial charge < -0.3 is 15.4 Å². The van der Waals surface area contributed by atoms with Crippen molar-refractivity contribution in [2.45, 2.75) is 23.9 Å². The summed E-state index contributed by atoms with van der Waals surface area (Å²) in [5.41, 5.74) is 3.71. The number of ether oxygens (including phenoxy) is 1. The van der Waals surface area contributed by atoms with Crippen LogP contribution in [0.3, 0.4) is 0 Å². The van der Waals surface area contributed by atoms with Crippen LogP contribution in [0.1, 0.15) is 24.1 Å². The molecule has 1 amide bonds. The van der Waals surface area contributed by atoms with Gasteiger partial charge in [-0.1, -0.05) is 53.7 Å². The number of nitrogens with one attached hydrogen (secondary N) is 2. The number of carbonyl (C=O) groups excluding carboxylic acids is 1. The van der Waals surface area contributed by atoms with Gasteiger partial charge in [-0.3, -0.25) is 9.78 Å². The Morgan fingerprint density at radius 2 is 1.97 bits per heavy atom. The van der Waals surface area contributed by atoms with Gasteiger partial charge in [-0.2, -0.15) is 4.98 Å². The first-order valence-electron chi connectivity index (χ1n) is 11.2. The van der Waals surface area contributed by atoms with Gasteiger partial charge in [0.15, 0.2) is 0 Å². The van der Waals surface area contributed by atoms with E-state index >= 15 is 0 Å². The van der Waals surface area contributed by atoms with Crippen molar-refractivity contribution in [3.63, 3.8) is 0 Å². The van der Waals surface area contributed by atoms with Crippen molar-refractivity contribution in [1.29, 1.82) is 0 Å². The molecule has 2 aromatic heterocycles. The highest BCUT2D eigenvalue weighted by Crippen LogP contribution is 2.37. The van der Waals surface area contributed by atoms with Crippen molar-refractivity contribution in [3.8, 4) is 5.75 Å². The zero-order valence-electron chi connectivity index (χ0n) is 19.6. The van der Waals surface area contributed by atoms with Gasteiger partial charge in [0, 0.05) is 22.7 Å². The summed E-state index contributed by atoms with van der Waals surface area (Å²) >= 11 is 7.80. The molecule has 2 aromatic carbocycles. The fourth-order valence-electron chi connectivity index (χ4n) is 3.97. The average Bonchev–Trinajstić information content (AvgIpc) is 3.30. The van der Waals surface area contributed by atoms with Crippen molar-refractivity contribution < 1.29 is 9.53 Å². The number of rotatable bonds is 7. The zero-order chi connectivity index (χ0) is 25.1. The molecule has 182 valence electrons. The molecule has 1 aliphatic rings. The smallest absolute Gasteiger partial charge is 0.255 e. The number of methoxy groups -OCH3 is 1. The third-order valence-electron chi connectivity index (χ3n) is 5.74. The molecule has 2 N–H and O–H groups in total. The van der Waals surface area contributed by atoms with E-state index in [-0.39, 0.29) is 5.91 Å². The van der Waals surface area contributed by atoms with Gasteiger partial charge in [-0.15, -0.1) is 5.10 Å².